The van der Waals surface area contributed by atoms with Crippen molar-refractivity contribution in [2.24, 2.45) is 0 Å². The maximum atomic E-state index is 5.69. The van der Waals surface area contributed by atoms with Gasteiger partial charge in [-0.3, -0.25) is 0 Å². The summed E-state index contributed by atoms with van der Waals surface area (Å²) in [6, 6.07) is 0. The molecule has 0 saturated heterocycles. The van der Waals surface area contributed by atoms with Crippen LogP contribution >= 0.6 is 11.6 Å². The lowest BCUT2D eigenvalue weighted by Crippen LogP contribution is -2.01. The van der Waals surface area contributed by atoms with Crippen LogP contribution in [-0.2, 0) is 12.4 Å². The summed E-state index contributed by atoms with van der Waals surface area (Å²) >= 11 is 5.69. The van der Waals surface area contributed by atoms with Crippen molar-refractivity contribution in [2.75, 3.05) is 0 Å². The number of unbranched alkanes of at least 4 members (excludes halogenated alkanes) is 3. The molecule has 0 aliphatic carbocycles. The van der Waals surface area contributed by atoms with E-state index < -0.39 is 0 Å². The van der Waals surface area contributed by atoms with Crippen molar-refractivity contribution in [3.05, 3.63) is 12.2 Å². The largest absolute Gasteiger partial charge is 0.317 e. The van der Waals surface area contributed by atoms with Gasteiger partial charge in [-0.05, 0) is 6.42 Å². The fourth-order valence-corrected chi connectivity index (χ4v) is 1.49. The van der Waals surface area contributed by atoms with Gasteiger partial charge in [-0.1, -0.05) is 26.2 Å². The van der Waals surface area contributed by atoms with Gasteiger partial charge >= 0.3 is 0 Å². The zero-order valence-corrected chi connectivity index (χ0v) is 8.80. The minimum atomic E-state index is 0.452. The van der Waals surface area contributed by atoms with Crippen LogP contribution in [0.1, 0.15) is 38.4 Å². The number of nitrogens with zero attached hydrogens (tertiary/aromatic N) is 3. The molecule has 74 valence electrons. The average Bonchev–Trinajstić information content (AvgIpc) is 2.60. The highest BCUT2D eigenvalue weighted by molar-refractivity contribution is 6.16. The van der Waals surface area contributed by atoms with Gasteiger partial charge in [0.15, 0.2) is 0 Å². The molecule has 4 heteroatoms. The Morgan fingerprint density at radius 2 is 2.23 bits per heavy atom. The summed E-state index contributed by atoms with van der Waals surface area (Å²) in [6.07, 6.45) is 6.79. The molecule has 0 N–H and O–H groups in total. The van der Waals surface area contributed by atoms with E-state index in [1.165, 1.54) is 25.7 Å². The molecule has 0 aliphatic heterocycles. The molecule has 0 radical (unpaired) electrons. The predicted octanol–water partition coefficient (Wildman–Crippen LogP) is 2.60. The van der Waals surface area contributed by atoms with E-state index in [1.807, 2.05) is 4.57 Å². The van der Waals surface area contributed by atoms with Gasteiger partial charge in [-0.15, -0.1) is 21.8 Å². The first-order chi connectivity index (χ1) is 6.38. The third-order valence-electron chi connectivity index (χ3n) is 2.07. The summed E-state index contributed by atoms with van der Waals surface area (Å²) in [5.74, 6) is 1.33. The lowest BCUT2D eigenvalue weighted by atomic mass is 10.2. The summed E-state index contributed by atoms with van der Waals surface area (Å²) in [5.41, 5.74) is 0. The summed E-state index contributed by atoms with van der Waals surface area (Å²) in [6.45, 7) is 3.21. The normalized spacial score (nSPS) is 10.6. The second-order valence-corrected chi connectivity index (χ2v) is 3.40. The van der Waals surface area contributed by atoms with Crippen molar-refractivity contribution in [3.63, 3.8) is 0 Å². The van der Waals surface area contributed by atoms with Crippen LogP contribution in [0.5, 0.6) is 0 Å². The van der Waals surface area contributed by atoms with E-state index in [2.05, 4.69) is 17.1 Å². The highest BCUT2D eigenvalue weighted by Crippen LogP contribution is 2.04. The molecule has 0 spiro atoms. The molecule has 3 nitrogen and oxygen atoms in total. The van der Waals surface area contributed by atoms with Crippen LogP contribution in [0.4, 0.5) is 0 Å². The molecule has 1 aromatic rings. The molecule has 0 atom stereocenters. The first kappa shape index (κ1) is 10.5. The van der Waals surface area contributed by atoms with Gasteiger partial charge in [-0.2, -0.15) is 0 Å². The number of hydrogen-bond donors (Lipinski definition) is 0. The lowest BCUT2D eigenvalue weighted by Gasteiger charge is -2.03. The molecule has 0 saturated carbocycles. The molecule has 0 bridgehead atoms. The Morgan fingerprint density at radius 3 is 2.92 bits per heavy atom. The Bertz CT molecular complexity index is 235. The predicted molar refractivity (Wildman–Crippen MR) is 53.7 cm³/mol. The lowest BCUT2D eigenvalue weighted by molar-refractivity contribution is 0.571. The zero-order valence-electron chi connectivity index (χ0n) is 8.04. The first-order valence-electron chi connectivity index (χ1n) is 4.81. The average molecular weight is 202 g/mol. The Hall–Kier alpha value is -0.570. The minimum absolute atomic E-state index is 0.452. The van der Waals surface area contributed by atoms with Gasteiger partial charge in [0.05, 0.1) is 5.88 Å². The van der Waals surface area contributed by atoms with E-state index in [-0.39, 0.29) is 0 Å². The Balaban J connectivity index is 2.27. The van der Waals surface area contributed by atoms with Crippen molar-refractivity contribution in [1.82, 2.24) is 14.8 Å². The van der Waals surface area contributed by atoms with Crippen molar-refractivity contribution in [1.29, 1.82) is 0 Å². The van der Waals surface area contributed by atoms with Crippen molar-refractivity contribution in [3.8, 4) is 0 Å². The highest BCUT2D eigenvalue weighted by Gasteiger charge is 2.00. The van der Waals surface area contributed by atoms with Gasteiger partial charge < -0.3 is 4.57 Å². The molecule has 0 aromatic carbocycles. The smallest absolute Gasteiger partial charge is 0.147 e. The highest BCUT2D eigenvalue weighted by atomic mass is 35.5. The SMILES string of the molecule is CCCCCCn1cnnc1CCl. The Morgan fingerprint density at radius 1 is 1.38 bits per heavy atom. The molecule has 0 amide bonds. The fourth-order valence-electron chi connectivity index (χ4n) is 1.28. The van der Waals surface area contributed by atoms with Crippen molar-refractivity contribution >= 4 is 11.6 Å². The van der Waals surface area contributed by atoms with E-state index >= 15 is 0 Å². The van der Waals surface area contributed by atoms with E-state index in [9.17, 15) is 0 Å². The van der Waals surface area contributed by atoms with Crippen molar-refractivity contribution < 1.29 is 0 Å². The molecule has 0 aliphatic rings. The maximum Gasteiger partial charge on any atom is 0.147 e. The third-order valence-corrected chi connectivity index (χ3v) is 2.31. The van der Waals surface area contributed by atoms with Gasteiger partial charge in [0, 0.05) is 6.54 Å². The van der Waals surface area contributed by atoms with E-state index in [0.717, 1.165) is 12.4 Å². The molecular formula is C9H16ClN3. The van der Waals surface area contributed by atoms with Crippen LogP contribution in [-0.4, -0.2) is 14.8 Å². The number of alkyl halides is 1. The topological polar surface area (TPSA) is 30.7 Å². The van der Waals surface area contributed by atoms with Gasteiger partial charge in [0.25, 0.3) is 0 Å². The number of aromatic nitrogens is 3. The summed E-state index contributed by atoms with van der Waals surface area (Å²) in [5, 5.41) is 7.73. The van der Waals surface area contributed by atoms with Crippen LogP contribution in [0.15, 0.2) is 6.33 Å². The molecule has 13 heavy (non-hydrogen) atoms. The molecule has 1 rings (SSSR count). The minimum Gasteiger partial charge on any atom is -0.317 e. The first-order valence-corrected chi connectivity index (χ1v) is 5.34. The fraction of sp³-hybridized carbons (Fsp3) is 0.778. The number of aryl methyl sites for hydroxylation is 1. The maximum absolute atomic E-state index is 5.69. The second-order valence-electron chi connectivity index (χ2n) is 3.13. The Kier molecular flexibility index (Phi) is 4.83. The summed E-state index contributed by atoms with van der Waals surface area (Å²) in [4.78, 5) is 0. The van der Waals surface area contributed by atoms with Crippen molar-refractivity contribution in [2.45, 2.75) is 45.0 Å². The number of hydrogen-bond acceptors (Lipinski definition) is 2. The molecule has 1 aromatic heterocycles. The Labute approximate surface area is 84.1 Å². The monoisotopic (exact) mass is 201 g/mol. The standard InChI is InChI=1S/C9H16ClN3/c1-2-3-4-5-6-13-8-11-12-9(13)7-10/h8H,2-7H2,1H3. The number of halogens is 1. The summed E-state index contributed by atoms with van der Waals surface area (Å²) < 4.78 is 2.03. The van der Waals surface area contributed by atoms with E-state index in [4.69, 9.17) is 11.6 Å². The van der Waals surface area contributed by atoms with E-state index in [0.29, 0.717) is 5.88 Å². The van der Waals surface area contributed by atoms with Gasteiger partial charge in [0.2, 0.25) is 0 Å². The third kappa shape index (κ3) is 3.35. The van der Waals surface area contributed by atoms with Crippen LogP contribution in [0.3, 0.4) is 0 Å². The summed E-state index contributed by atoms with van der Waals surface area (Å²) in [7, 11) is 0. The molecule has 0 fully saturated rings. The molecule has 1 heterocycles. The molecular weight excluding hydrogens is 186 g/mol. The van der Waals surface area contributed by atoms with E-state index in [1.54, 1.807) is 6.33 Å². The van der Waals surface area contributed by atoms with Crippen LogP contribution in [0.2, 0.25) is 0 Å². The quantitative estimate of drug-likeness (QED) is 0.523. The number of rotatable bonds is 6. The van der Waals surface area contributed by atoms with Gasteiger partial charge in [0.1, 0.15) is 12.2 Å². The molecule has 0 unspecified atom stereocenters. The van der Waals surface area contributed by atoms with Crippen LogP contribution in [0.25, 0.3) is 0 Å². The second kappa shape index (κ2) is 5.97. The van der Waals surface area contributed by atoms with Crippen LogP contribution < -0.4 is 0 Å². The zero-order chi connectivity index (χ0) is 9.52. The van der Waals surface area contributed by atoms with Gasteiger partial charge in [-0.25, -0.2) is 0 Å². The van der Waals surface area contributed by atoms with Crippen LogP contribution in [0, 0.1) is 0 Å².